The third-order valence-corrected chi connectivity index (χ3v) is 3.96. The number of hydrogen-bond acceptors (Lipinski definition) is 5. The fourth-order valence-corrected chi connectivity index (χ4v) is 2.69. The van der Waals surface area contributed by atoms with E-state index in [4.69, 9.17) is 4.52 Å². The van der Waals surface area contributed by atoms with Gasteiger partial charge >= 0.3 is 0 Å². The minimum Gasteiger partial charge on any atom is -0.361 e. The molecule has 1 aromatic heterocycles. The molecular formula is C15H18N4O. The third kappa shape index (κ3) is 2.29. The fourth-order valence-electron chi connectivity index (χ4n) is 2.69. The number of rotatable bonds is 3. The maximum Gasteiger partial charge on any atom is 0.246 e. The normalized spacial score (nSPS) is 18.7. The van der Waals surface area contributed by atoms with Crippen molar-refractivity contribution >= 4 is 5.69 Å². The molecule has 1 N–H and O–H groups in total. The van der Waals surface area contributed by atoms with Gasteiger partial charge in [0, 0.05) is 31.2 Å². The van der Waals surface area contributed by atoms with E-state index >= 15 is 0 Å². The van der Waals surface area contributed by atoms with Crippen LogP contribution in [-0.2, 0) is 13.1 Å². The zero-order valence-corrected chi connectivity index (χ0v) is 11.4. The topological polar surface area (TPSA) is 54.2 Å². The van der Waals surface area contributed by atoms with Gasteiger partial charge in [-0.25, -0.2) is 0 Å². The Balaban J connectivity index is 1.57. The predicted octanol–water partition coefficient (Wildman–Crippen LogP) is 2.06. The van der Waals surface area contributed by atoms with Gasteiger partial charge in [-0.3, -0.25) is 0 Å². The van der Waals surface area contributed by atoms with Crippen LogP contribution in [-0.4, -0.2) is 23.2 Å². The van der Waals surface area contributed by atoms with E-state index in [0.29, 0.717) is 12.5 Å². The number of benzene rings is 1. The smallest absolute Gasteiger partial charge is 0.246 e. The maximum absolute atomic E-state index is 5.40. The highest BCUT2D eigenvalue weighted by molar-refractivity contribution is 5.54. The van der Waals surface area contributed by atoms with Crippen molar-refractivity contribution in [3.63, 3.8) is 0 Å². The predicted molar refractivity (Wildman–Crippen MR) is 75.5 cm³/mol. The molecule has 0 saturated heterocycles. The number of aromatic nitrogens is 2. The Morgan fingerprint density at radius 2 is 2.20 bits per heavy atom. The van der Waals surface area contributed by atoms with Crippen molar-refractivity contribution in [1.29, 1.82) is 0 Å². The number of para-hydroxylation sites is 1. The van der Waals surface area contributed by atoms with Crippen molar-refractivity contribution < 1.29 is 4.52 Å². The number of nitrogens with one attached hydrogen (secondary N) is 1. The van der Waals surface area contributed by atoms with Gasteiger partial charge < -0.3 is 14.7 Å². The van der Waals surface area contributed by atoms with Gasteiger partial charge in [-0.2, -0.15) is 4.98 Å². The summed E-state index contributed by atoms with van der Waals surface area (Å²) in [4.78, 5) is 6.85. The number of fused-ring (bicyclic) bond motifs is 1. The van der Waals surface area contributed by atoms with Crippen molar-refractivity contribution in [1.82, 2.24) is 15.5 Å². The van der Waals surface area contributed by atoms with Gasteiger partial charge in [0.05, 0.1) is 6.54 Å². The first-order valence-corrected chi connectivity index (χ1v) is 7.26. The minimum atomic E-state index is 0.547. The van der Waals surface area contributed by atoms with Gasteiger partial charge in [-0.1, -0.05) is 23.4 Å². The molecule has 1 aliphatic carbocycles. The number of nitrogens with zero attached hydrogens (tertiary/aromatic N) is 3. The summed E-state index contributed by atoms with van der Waals surface area (Å²) >= 11 is 0. The Kier molecular flexibility index (Phi) is 2.92. The molecule has 2 heterocycles. The van der Waals surface area contributed by atoms with E-state index in [-0.39, 0.29) is 0 Å². The van der Waals surface area contributed by atoms with E-state index in [2.05, 4.69) is 44.6 Å². The summed E-state index contributed by atoms with van der Waals surface area (Å²) in [6, 6.07) is 8.51. The van der Waals surface area contributed by atoms with Gasteiger partial charge in [0.15, 0.2) is 5.82 Å². The highest BCUT2D eigenvalue weighted by atomic mass is 16.5. The van der Waals surface area contributed by atoms with E-state index < -0.39 is 0 Å². The Bertz CT molecular complexity index is 605. The second kappa shape index (κ2) is 4.90. The van der Waals surface area contributed by atoms with Crippen molar-refractivity contribution in [3.8, 4) is 0 Å². The van der Waals surface area contributed by atoms with Gasteiger partial charge in [0.1, 0.15) is 0 Å². The third-order valence-electron chi connectivity index (χ3n) is 3.96. The van der Waals surface area contributed by atoms with Crippen molar-refractivity contribution in [2.45, 2.75) is 31.8 Å². The molecule has 104 valence electrons. The SMILES string of the molecule is c1ccc2c(c1)CNCCN2Cc1nc(C2CC2)no1. The van der Waals surface area contributed by atoms with Crippen LogP contribution < -0.4 is 10.2 Å². The highest BCUT2D eigenvalue weighted by Crippen LogP contribution is 2.38. The van der Waals surface area contributed by atoms with Gasteiger partial charge in [-0.15, -0.1) is 0 Å². The summed E-state index contributed by atoms with van der Waals surface area (Å²) in [6.07, 6.45) is 2.41. The van der Waals surface area contributed by atoms with Crippen LogP contribution in [0.5, 0.6) is 0 Å². The molecule has 0 atom stereocenters. The first kappa shape index (κ1) is 11.9. The fraction of sp³-hybridized carbons (Fsp3) is 0.467. The monoisotopic (exact) mass is 270 g/mol. The van der Waals surface area contributed by atoms with Crippen LogP contribution in [0.2, 0.25) is 0 Å². The molecule has 0 amide bonds. The van der Waals surface area contributed by atoms with Gasteiger partial charge in [0.2, 0.25) is 5.89 Å². The van der Waals surface area contributed by atoms with Crippen molar-refractivity contribution in [2.75, 3.05) is 18.0 Å². The number of hydrogen-bond donors (Lipinski definition) is 1. The Hall–Kier alpha value is -1.88. The van der Waals surface area contributed by atoms with Gasteiger partial charge in [0.25, 0.3) is 0 Å². The molecule has 5 heteroatoms. The summed E-state index contributed by atoms with van der Waals surface area (Å²) in [5.74, 6) is 2.16. The summed E-state index contributed by atoms with van der Waals surface area (Å²) in [7, 11) is 0. The van der Waals surface area contributed by atoms with Crippen LogP contribution >= 0.6 is 0 Å². The van der Waals surface area contributed by atoms with E-state index in [9.17, 15) is 0 Å². The molecule has 20 heavy (non-hydrogen) atoms. The zero-order chi connectivity index (χ0) is 13.4. The minimum absolute atomic E-state index is 0.547. The maximum atomic E-state index is 5.40. The quantitative estimate of drug-likeness (QED) is 0.925. The average Bonchev–Trinajstić information content (AvgIpc) is 3.25. The lowest BCUT2D eigenvalue weighted by Gasteiger charge is -2.22. The van der Waals surface area contributed by atoms with Crippen LogP contribution in [0, 0.1) is 0 Å². The number of anilines is 1. The highest BCUT2D eigenvalue weighted by Gasteiger charge is 2.29. The second-order valence-corrected chi connectivity index (χ2v) is 5.55. The van der Waals surface area contributed by atoms with Crippen LogP contribution in [0.15, 0.2) is 28.8 Å². The van der Waals surface area contributed by atoms with Crippen LogP contribution in [0.1, 0.15) is 36.0 Å². The van der Waals surface area contributed by atoms with Gasteiger partial charge in [-0.05, 0) is 24.5 Å². The molecule has 0 spiro atoms. The largest absolute Gasteiger partial charge is 0.361 e. The molecule has 1 saturated carbocycles. The van der Waals surface area contributed by atoms with Crippen molar-refractivity contribution in [3.05, 3.63) is 41.5 Å². The molecule has 4 rings (SSSR count). The molecule has 5 nitrogen and oxygen atoms in total. The Labute approximate surface area is 118 Å². The first-order chi connectivity index (χ1) is 9.90. The molecular weight excluding hydrogens is 252 g/mol. The molecule has 1 aromatic carbocycles. The molecule has 2 aromatic rings. The van der Waals surface area contributed by atoms with Crippen LogP contribution in [0.3, 0.4) is 0 Å². The molecule has 0 radical (unpaired) electrons. The lowest BCUT2D eigenvalue weighted by molar-refractivity contribution is 0.371. The molecule has 0 bridgehead atoms. The molecule has 1 aliphatic heterocycles. The first-order valence-electron chi connectivity index (χ1n) is 7.26. The van der Waals surface area contributed by atoms with Crippen molar-refractivity contribution in [2.24, 2.45) is 0 Å². The van der Waals surface area contributed by atoms with Crippen LogP contribution in [0.4, 0.5) is 5.69 Å². The summed E-state index contributed by atoms with van der Waals surface area (Å²) in [6.45, 7) is 3.54. The van der Waals surface area contributed by atoms with E-state index in [1.165, 1.54) is 24.1 Å². The summed E-state index contributed by atoms with van der Waals surface area (Å²) in [5, 5.41) is 7.54. The second-order valence-electron chi connectivity index (χ2n) is 5.55. The average molecular weight is 270 g/mol. The zero-order valence-electron chi connectivity index (χ0n) is 11.4. The molecule has 0 unspecified atom stereocenters. The van der Waals surface area contributed by atoms with Crippen LogP contribution in [0.25, 0.3) is 0 Å². The molecule has 2 aliphatic rings. The van der Waals surface area contributed by atoms with E-state index in [0.717, 1.165) is 31.3 Å². The Morgan fingerprint density at radius 3 is 3.10 bits per heavy atom. The lowest BCUT2D eigenvalue weighted by atomic mass is 10.1. The summed E-state index contributed by atoms with van der Waals surface area (Å²) in [5.41, 5.74) is 2.59. The summed E-state index contributed by atoms with van der Waals surface area (Å²) < 4.78 is 5.40. The lowest BCUT2D eigenvalue weighted by Crippen LogP contribution is -2.28. The molecule has 1 fully saturated rings. The standard InChI is InChI=1S/C15H18N4O/c1-2-4-13-12(3-1)9-16-7-8-19(13)10-14-17-15(18-20-14)11-5-6-11/h1-4,11,16H,5-10H2. The van der Waals surface area contributed by atoms with E-state index in [1.807, 2.05) is 0 Å². The van der Waals surface area contributed by atoms with E-state index in [1.54, 1.807) is 0 Å². The Morgan fingerprint density at radius 1 is 1.30 bits per heavy atom.